The van der Waals surface area contributed by atoms with Gasteiger partial charge in [0.1, 0.15) is 18.9 Å². The molecule has 3 aromatic rings. The number of non-ortho nitro benzene ring substituents is 2. The number of carbonyl (C=O) groups is 3. The number of ether oxygens (including phenoxy) is 2. The lowest BCUT2D eigenvalue weighted by Gasteiger charge is -2.46. The number of nitro benzene ring substituents is 2. The molecule has 2 amide bonds. The Hall–Kier alpha value is -5.07. The third-order valence-corrected chi connectivity index (χ3v) is 11.6. The number of aromatic nitrogens is 1. The van der Waals surface area contributed by atoms with Gasteiger partial charge in [-0.1, -0.05) is 6.92 Å². The third-order valence-electron chi connectivity index (χ3n) is 9.20. The maximum absolute atomic E-state index is 13.7. The highest BCUT2D eigenvalue weighted by Crippen LogP contribution is 2.53. The minimum Gasteiger partial charge on any atom is -0.456 e. The molecule has 3 aliphatic rings. The normalized spacial score (nSPS) is 23.1. The highest BCUT2D eigenvalue weighted by atomic mass is 32.2. The van der Waals surface area contributed by atoms with E-state index >= 15 is 0 Å². The van der Waals surface area contributed by atoms with Gasteiger partial charge in [0, 0.05) is 59.3 Å². The van der Waals surface area contributed by atoms with Gasteiger partial charge in [-0.2, -0.15) is 0 Å². The summed E-state index contributed by atoms with van der Waals surface area (Å²) in [6.07, 6.45) is -1.10. The number of thioether (sulfide) groups is 1. The molecule has 2 fully saturated rings. The van der Waals surface area contributed by atoms with Crippen molar-refractivity contribution in [3.63, 3.8) is 0 Å². The number of amides is 2. The van der Waals surface area contributed by atoms with Crippen LogP contribution in [0.3, 0.4) is 0 Å². The highest BCUT2D eigenvalue weighted by molar-refractivity contribution is 8.03. The number of nitrogens with zero attached hydrogens (tertiary/aromatic N) is 5. The fourth-order valence-corrected chi connectivity index (χ4v) is 8.88. The summed E-state index contributed by atoms with van der Waals surface area (Å²) >= 11 is 2.76. The van der Waals surface area contributed by atoms with Crippen LogP contribution in [0.5, 0.6) is 0 Å². The molecular formula is C33H34N6O10S2. The van der Waals surface area contributed by atoms with Crippen molar-refractivity contribution in [2.75, 3.05) is 18.9 Å². The molecule has 2 N–H and O–H groups in total. The van der Waals surface area contributed by atoms with Gasteiger partial charge in [-0.3, -0.25) is 29.9 Å². The van der Waals surface area contributed by atoms with E-state index in [1.165, 1.54) is 76.5 Å². The lowest BCUT2D eigenvalue weighted by atomic mass is 9.79. The molecule has 0 spiro atoms. The van der Waals surface area contributed by atoms with Crippen LogP contribution in [0.15, 0.2) is 64.5 Å². The number of nitrogens with one attached hydrogen (secondary N) is 1. The number of carbonyl (C=O) groups excluding carboxylic acids is 3. The van der Waals surface area contributed by atoms with Crippen molar-refractivity contribution in [2.24, 2.45) is 11.8 Å². The van der Waals surface area contributed by atoms with Crippen LogP contribution in [-0.4, -0.2) is 78.7 Å². The molecule has 0 bridgehead atoms. The number of aliphatic hydroxyl groups excluding tert-OH is 1. The second-order valence-corrected chi connectivity index (χ2v) is 14.6. The number of esters is 1. The number of β-lactam (4-membered cyclic amide) rings is 1. The Labute approximate surface area is 299 Å². The SMILES string of the molecule is CNc1nc([C@@H]2C[C@H](SC3=C(C(=O)OCc4ccc([N+](=O)[O-])cc4)N4C(=O)[C@H]([C@@H](C)O)[C@H]4[C@H]3C)CN2C(=O)OCc2ccc([N+](=O)[O-])cc2)cs1. The van der Waals surface area contributed by atoms with Crippen LogP contribution >= 0.6 is 23.1 Å². The van der Waals surface area contributed by atoms with Crippen molar-refractivity contribution < 1.29 is 38.8 Å². The zero-order valence-electron chi connectivity index (χ0n) is 27.7. The number of nitro groups is 2. The number of benzene rings is 2. The Morgan fingerprint density at radius 3 is 2.18 bits per heavy atom. The predicted molar refractivity (Wildman–Crippen MR) is 185 cm³/mol. The molecule has 3 aliphatic heterocycles. The molecule has 1 aromatic heterocycles. The van der Waals surface area contributed by atoms with Crippen LogP contribution in [0.4, 0.5) is 21.3 Å². The van der Waals surface area contributed by atoms with Gasteiger partial charge in [0.05, 0.1) is 39.6 Å². The number of fused-ring (bicyclic) bond motifs is 1. The van der Waals surface area contributed by atoms with E-state index in [0.29, 0.717) is 33.3 Å². The van der Waals surface area contributed by atoms with Gasteiger partial charge in [0.2, 0.25) is 5.91 Å². The smallest absolute Gasteiger partial charge is 0.410 e. The molecule has 0 saturated carbocycles. The minimum absolute atomic E-state index is 0.0790. The average molecular weight is 739 g/mol. The molecule has 268 valence electrons. The number of hydrogen-bond donors (Lipinski definition) is 2. The van der Waals surface area contributed by atoms with Crippen LogP contribution in [-0.2, 0) is 32.3 Å². The number of likely N-dealkylation sites (tertiary alicyclic amines) is 1. The summed E-state index contributed by atoms with van der Waals surface area (Å²) in [6, 6.07) is 10.4. The van der Waals surface area contributed by atoms with Crippen molar-refractivity contribution in [1.29, 1.82) is 0 Å². The van der Waals surface area contributed by atoms with Crippen molar-refractivity contribution >= 4 is 57.6 Å². The van der Waals surface area contributed by atoms with E-state index in [2.05, 4.69) is 10.3 Å². The topological polar surface area (TPSA) is 208 Å². The first-order valence-electron chi connectivity index (χ1n) is 16.0. The molecule has 2 saturated heterocycles. The van der Waals surface area contributed by atoms with Crippen molar-refractivity contribution in [1.82, 2.24) is 14.8 Å². The second-order valence-electron chi connectivity index (χ2n) is 12.4. The van der Waals surface area contributed by atoms with E-state index in [9.17, 15) is 39.7 Å². The van der Waals surface area contributed by atoms with E-state index in [4.69, 9.17) is 9.47 Å². The largest absolute Gasteiger partial charge is 0.456 e. The van der Waals surface area contributed by atoms with Crippen molar-refractivity contribution in [2.45, 2.75) is 56.9 Å². The summed E-state index contributed by atoms with van der Waals surface area (Å²) in [4.78, 5) is 69.8. The Kier molecular flexibility index (Phi) is 10.3. The monoisotopic (exact) mass is 738 g/mol. The van der Waals surface area contributed by atoms with E-state index in [1.807, 2.05) is 12.3 Å². The standard InChI is InChI=1S/C33H34N6O10S2/c1-17-27-26(18(2)40)30(41)37(27)28(31(42)48-14-19-4-8-21(9-5-19)38(44)45)29(17)51-23-12-25(24-16-50-32(34-3)35-24)36(13-23)33(43)49-15-20-6-10-22(11-7-20)39(46)47/h4-11,16-18,23,25-27,40H,12-15H2,1-3H3,(H,34,35)/t17-,18-,23+,25+,26-,27-/m1/s1. The summed E-state index contributed by atoms with van der Waals surface area (Å²) < 4.78 is 11.3. The maximum atomic E-state index is 13.7. The van der Waals surface area contributed by atoms with Gasteiger partial charge in [-0.15, -0.1) is 23.1 Å². The molecule has 18 heteroatoms. The predicted octanol–water partition coefficient (Wildman–Crippen LogP) is 5.00. The first kappa shape index (κ1) is 35.7. The molecular weight excluding hydrogens is 705 g/mol. The number of anilines is 1. The lowest BCUT2D eigenvalue weighted by molar-refractivity contribution is -0.385. The molecule has 6 rings (SSSR count). The third kappa shape index (κ3) is 7.11. The van der Waals surface area contributed by atoms with E-state index in [0.717, 1.165) is 0 Å². The van der Waals surface area contributed by atoms with E-state index < -0.39 is 46.0 Å². The van der Waals surface area contributed by atoms with E-state index in [-0.39, 0.29) is 53.9 Å². The summed E-state index contributed by atoms with van der Waals surface area (Å²) in [5.74, 6) is -2.16. The quantitative estimate of drug-likeness (QED) is 0.109. The summed E-state index contributed by atoms with van der Waals surface area (Å²) in [5, 5.41) is 37.8. The first-order chi connectivity index (χ1) is 24.4. The van der Waals surface area contributed by atoms with Crippen LogP contribution in [0.25, 0.3) is 0 Å². The van der Waals surface area contributed by atoms with Crippen LogP contribution in [0.1, 0.15) is 43.1 Å². The van der Waals surface area contributed by atoms with Crippen LogP contribution in [0, 0.1) is 32.1 Å². The van der Waals surface area contributed by atoms with Gasteiger partial charge in [-0.25, -0.2) is 14.6 Å². The van der Waals surface area contributed by atoms with Crippen LogP contribution < -0.4 is 5.32 Å². The molecule has 16 nitrogen and oxygen atoms in total. The average Bonchev–Trinajstić information content (AvgIpc) is 3.82. The molecule has 0 radical (unpaired) electrons. The Morgan fingerprint density at radius 1 is 1.06 bits per heavy atom. The van der Waals surface area contributed by atoms with Crippen molar-refractivity contribution in [3.8, 4) is 0 Å². The molecule has 2 aromatic carbocycles. The zero-order chi connectivity index (χ0) is 36.6. The van der Waals surface area contributed by atoms with Gasteiger partial charge in [0.25, 0.3) is 11.4 Å². The fourth-order valence-electron chi connectivity index (χ4n) is 6.64. The highest BCUT2D eigenvalue weighted by Gasteiger charge is 2.60. The van der Waals surface area contributed by atoms with Gasteiger partial charge < -0.3 is 24.8 Å². The second kappa shape index (κ2) is 14.7. The minimum atomic E-state index is -0.939. The number of rotatable bonds is 12. The molecule has 6 atom stereocenters. The van der Waals surface area contributed by atoms with Gasteiger partial charge in [-0.05, 0) is 48.7 Å². The Balaban J connectivity index is 1.23. The number of aliphatic hydroxyl groups is 1. The van der Waals surface area contributed by atoms with Gasteiger partial charge >= 0.3 is 12.1 Å². The summed E-state index contributed by atoms with van der Waals surface area (Å²) in [6.45, 7) is 3.36. The number of hydrogen-bond acceptors (Lipinski definition) is 14. The summed E-state index contributed by atoms with van der Waals surface area (Å²) in [5.41, 5.74) is 1.66. The summed E-state index contributed by atoms with van der Waals surface area (Å²) in [7, 11) is 1.74. The zero-order valence-corrected chi connectivity index (χ0v) is 29.3. The first-order valence-corrected chi connectivity index (χ1v) is 17.8. The fraction of sp³-hybridized carbons (Fsp3) is 0.394. The Bertz CT molecular complexity index is 1880. The Morgan fingerprint density at radius 2 is 1.65 bits per heavy atom. The molecule has 0 unspecified atom stereocenters. The van der Waals surface area contributed by atoms with Crippen LogP contribution in [0.2, 0.25) is 0 Å². The molecule has 51 heavy (non-hydrogen) atoms. The number of thiazole rings is 1. The lowest BCUT2D eigenvalue weighted by Crippen LogP contribution is -2.63. The van der Waals surface area contributed by atoms with E-state index in [1.54, 1.807) is 18.9 Å². The maximum Gasteiger partial charge on any atom is 0.410 e. The molecule has 4 heterocycles. The molecule has 0 aliphatic carbocycles. The van der Waals surface area contributed by atoms with Gasteiger partial charge in [0.15, 0.2) is 5.13 Å². The van der Waals surface area contributed by atoms with Crippen molar-refractivity contribution in [3.05, 3.63) is 102 Å².